The van der Waals surface area contributed by atoms with Crippen molar-refractivity contribution < 1.29 is 4.79 Å². The van der Waals surface area contributed by atoms with Gasteiger partial charge in [0, 0.05) is 42.5 Å². The number of nitrogens with one attached hydrogen (secondary N) is 2. The fraction of sp³-hybridized carbons (Fsp3) is 0.400. The standard InChI is InChI=1S/C25H31N5O2/c1-5-29-12-14-30(15-13-29)21-11-10-17(16-20(21)26-24(32)25(2,3)4)22-18-8-6-7-9-19(18)23(31)28-27-22/h6-11,16H,5,12-15H2,1-4H3,(H,26,32)(H,28,31). The van der Waals surface area contributed by atoms with Gasteiger partial charge >= 0.3 is 0 Å². The van der Waals surface area contributed by atoms with Gasteiger partial charge in [0.15, 0.2) is 0 Å². The van der Waals surface area contributed by atoms with Crippen LogP contribution in [0.25, 0.3) is 22.0 Å². The quantitative estimate of drug-likeness (QED) is 0.655. The van der Waals surface area contributed by atoms with Crippen LogP contribution in [0.15, 0.2) is 47.3 Å². The Labute approximate surface area is 188 Å². The highest BCUT2D eigenvalue weighted by atomic mass is 16.2. The Hall–Kier alpha value is -3.19. The fourth-order valence-electron chi connectivity index (χ4n) is 4.01. The first kappa shape index (κ1) is 22.0. The predicted molar refractivity (Wildman–Crippen MR) is 130 cm³/mol. The van der Waals surface area contributed by atoms with Gasteiger partial charge in [0.2, 0.25) is 5.91 Å². The topological polar surface area (TPSA) is 81.3 Å². The number of aromatic nitrogens is 2. The molecule has 1 aliphatic heterocycles. The second-order valence-corrected chi connectivity index (χ2v) is 9.30. The summed E-state index contributed by atoms with van der Waals surface area (Å²) in [5.74, 6) is -0.0395. The van der Waals surface area contributed by atoms with E-state index >= 15 is 0 Å². The van der Waals surface area contributed by atoms with Crippen LogP contribution < -0.4 is 15.8 Å². The minimum atomic E-state index is -0.517. The molecule has 0 unspecified atom stereocenters. The number of amides is 1. The number of anilines is 2. The molecule has 7 heteroatoms. The molecular formula is C25H31N5O2. The smallest absolute Gasteiger partial charge is 0.272 e. The average molecular weight is 434 g/mol. The number of benzene rings is 2. The Morgan fingerprint density at radius 3 is 2.41 bits per heavy atom. The van der Waals surface area contributed by atoms with E-state index in [4.69, 9.17) is 0 Å². The van der Waals surface area contributed by atoms with Gasteiger partial charge in [-0.25, -0.2) is 5.10 Å². The molecule has 1 aliphatic rings. The molecule has 2 N–H and O–H groups in total. The van der Waals surface area contributed by atoms with Gasteiger partial charge in [-0.15, -0.1) is 0 Å². The largest absolute Gasteiger partial charge is 0.367 e. The molecule has 0 spiro atoms. The Morgan fingerprint density at radius 2 is 1.75 bits per heavy atom. The van der Waals surface area contributed by atoms with E-state index in [1.165, 1.54) is 0 Å². The number of carbonyl (C=O) groups is 1. The van der Waals surface area contributed by atoms with E-state index in [1.807, 2.05) is 51.1 Å². The SMILES string of the molecule is CCN1CCN(c2ccc(-c3n[nH]c(=O)c4ccccc34)cc2NC(=O)C(C)(C)C)CC1. The summed E-state index contributed by atoms with van der Waals surface area (Å²) in [5.41, 5.74) is 2.58. The number of H-pyrrole nitrogens is 1. The van der Waals surface area contributed by atoms with Crippen molar-refractivity contribution >= 4 is 28.1 Å². The van der Waals surface area contributed by atoms with Crippen LogP contribution in [0.4, 0.5) is 11.4 Å². The van der Waals surface area contributed by atoms with E-state index < -0.39 is 5.41 Å². The zero-order valence-corrected chi connectivity index (χ0v) is 19.2. The van der Waals surface area contributed by atoms with Crippen LogP contribution in [-0.4, -0.2) is 53.7 Å². The van der Waals surface area contributed by atoms with Crippen LogP contribution in [0.3, 0.4) is 0 Å². The van der Waals surface area contributed by atoms with Crippen LogP contribution >= 0.6 is 0 Å². The van der Waals surface area contributed by atoms with E-state index in [-0.39, 0.29) is 11.5 Å². The molecule has 7 nitrogen and oxygen atoms in total. The van der Waals surface area contributed by atoms with Crippen LogP contribution in [0.2, 0.25) is 0 Å². The predicted octanol–water partition coefficient (Wildman–Crippen LogP) is 3.72. The van der Waals surface area contributed by atoms with Crippen molar-refractivity contribution in [3.8, 4) is 11.3 Å². The monoisotopic (exact) mass is 433 g/mol. The molecule has 1 fully saturated rings. The fourth-order valence-corrected chi connectivity index (χ4v) is 4.01. The van der Waals surface area contributed by atoms with Crippen LogP contribution in [0.1, 0.15) is 27.7 Å². The number of hydrogen-bond donors (Lipinski definition) is 2. The van der Waals surface area contributed by atoms with E-state index in [1.54, 1.807) is 6.07 Å². The molecule has 1 amide bonds. The molecule has 0 radical (unpaired) electrons. The Bertz CT molecular complexity index is 1190. The highest BCUT2D eigenvalue weighted by Crippen LogP contribution is 2.34. The zero-order valence-electron chi connectivity index (χ0n) is 19.2. The number of likely N-dealkylation sites (N-methyl/N-ethyl adjacent to an activating group) is 1. The minimum Gasteiger partial charge on any atom is -0.367 e. The molecule has 0 bridgehead atoms. The van der Waals surface area contributed by atoms with Gasteiger partial charge in [-0.3, -0.25) is 9.59 Å². The van der Waals surface area contributed by atoms with Gasteiger partial charge in [-0.05, 0) is 24.7 Å². The van der Waals surface area contributed by atoms with Crippen molar-refractivity contribution in [3.05, 3.63) is 52.8 Å². The second-order valence-electron chi connectivity index (χ2n) is 9.30. The lowest BCUT2D eigenvalue weighted by Gasteiger charge is -2.36. The number of aromatic amines is 1. The maximum absolute atomic E-state index is 12.9. The summed E-state index contributed by atoms with van der Waals surface area (Å²) in [6.45, 7) is 12.8. The first-order valence-electron chi connectivity index (χ1n) is 11.2. The lowest BCUT2D eigenvalue weighted by molar-refractivity contribution is -0.123. The first-order valence-corrected chi connectivity index (χ1v) is 11.2. The normalized spacial score (nSPS) is 15.2. The number of carbonyl (C=O) groups excluding carboxylic acids is 1. The van der Waals surface area contributed by atoms with E-state index in [0.29, 0.717) is 11.1 Å². The summed E-state index contributed by atoms with van der Waals surface area (Å²) in [5, 5.41) is 11.5. The van der Waals surface area contributed by atoms with Gasteiger partial charge < -0.3 is 15.1 Å². The lowest BCUT2D eigenvalue weighted by Crippen LogP contribution is -2.46. The Balaban J connectivity index is 1.78. The van der Waals surface area contributed by atoms with Gasteiger partial charge in [0.1, 0.15) is 0 Å². The molecule has 3 aromatic rings. The van der Waals surface area contributed by atoms with Crippen LogP contribution in [0.5, 0.6) is 0 Å². The summed E-state index contributed by atoms with van der Waals surface area (Å²) in [7, 11) is 0. The molecule has 2 aromatic carbocycles. The maximum atomic E-state index is 12.9. The summed E-state index contributed by atoms with van der Waals surface area (Å²) < 4.78 is 0. The maximum Gasteiger partial charge on any atom is 0.272 e. The summed E-state index contributed by atoms with van der Waals surface area (Å²) >= 11 is 0. The van der Waals surface area contributed by atoms with Crippen molar-refractivity contribution in [1.82, 2.24) is 15.1 Å². The van der Waals surface area contributed by atoms with Gasteiger partial charge in [-0.1, -0.05) is 52.0 Å². The Kier molecular flexibility index (Phi) is 6.02. The lowest BCUT2D eigenvalue weighted by atomic mass is 9.95. The molecule has 1 saturated heterocycles. The molecule has 32 heavy (non-hydrogen) atoms. The van der Waals surface area contributed by atoms with E-state index in [9.17, 15) is 9.59 Å². The molecule has 4 rings (SSSR count). The molecule has 0 aliphatic carbocycles. The number of rotatable bonds is 4. The second kappa shape index (κ2) is 8.74. The van der Waals surface area contributed by atoms with Crippen molar-refractivity contribution in [2.75, 3.05) is 42.9 Å². The van der Waals surface area contributed by atoms with Crippen LogP contribution in [0, 0.1) is 5.41 Å². The number of nitrogens with zero attached hydrogens (tertiary/aromatic N) is 3. The summed E-state index contributed by atoms with van der Waals surface area (Å²) in [4.78, 5) is 29.8. The number of piperazine rings is 1. The third kappa shape index (κ3) is 4.39. The van der Waals surface area contributed by atoms with Crippen molar-refractivity contribution in [3.63, 3.8) is 0 Å². The number of hydrogen-bond acceptors (Lipinski definition) is 5. The van der Waals surface area contributed by atoms with Gasteiger partial charge in [0.25, 0.3) is 5.56 Å². The minimum absolute atomic E-state index is 0.0395. The molecule has 168 valence electrons. The summed E-state index contributed by atoms with van der Waals surface area (Å²) in [6.07, 6.45) is 0. The molecular weight excluding hydrogens is 402 g/mol. The number of fused-ring (bicyclic) bond motifs is 1. The highest BCUT2D eigenvalue weighted by molar-refractivity contribution is 6.00. The molecule has 2 heterocycles. The summed E-state index contributed by atoms with van der Waals surface area (Å²) in [6, 6.07) is 13.5. The van der Waals surface area contributed by atoms with Gasteiger partial charge in [-0.2, -0.15) is 5.10 Å². The highest BCUT2D eigenvalue weighted by Gasteiger charge is 2.25. The van der Waals surface area contributed by atoms with Crippen molar-refractivity contribution in [2.24, 2.45) is 5.41 Å². The van der Waals surface area contributed by atoms with E-state index in [2.05, 4.69) is 38.3 Å². The zero-order chi connectivity index (χ0) is 22.9. The average Bonchev–Trinajstić information content (AvgIpc) is 2.79. The Morgan fingerprint density at radius 1 is 1.06 bits per heavy atom. The van der Waals surface area contributed by atoms with Crippen molar-refractivity contribution in [1.29, 1.82) is 0 Å². The third-order valence-electron chi connectivity index (χ3n) is 6.06. The van der Waals surface area contributed by atoms with Gasteiger partial charge in [0.05, 0.1) is 22.5 Å². The first-order chi connectivity index (χ1) is 15.3. The molecule has 1 aromatic heterocycles. The molecule has 0 atom stereocenters. The van der Waals surface area contributed by atoms with Crippen LogP contribution in [-0.2, 0) is 4.79 Å². The van der Waals surface area contributed by atoms with Crippen molar-refractivity contribution in [2.45, 2.75) is 27.7 Å². The third-order valence-corrected chi connectivity index (χ3v) is 6.06. The molecule has 0 saturated carbocycles. The van der Waals surface area contributed by atoms with E-state index in [0.717, 1.165) is 55.0 Å².